The number of hydrogen-bond donors (Lipinski definition) is 1. The van der Waals surface area contributed by atoms with Gasteiger partial charge in [-0.15, -0.1) is 0 Å². The highest BCUT2D eigenvalue weighted by molar-refractivity contribution is 5.09. The molecular weight excluding hydrogens is 124 g/mol. The Hall–Kier alpha value is -0.0800. The molecule has 3 saturated heterocycles. The van der Waals surface area contributed by atoms with E-state index in [0.717, 1.165) is 11.8 Å². The molecule has 0 amide bonds. The molecule has 3 heterocycles. The standard InChI is InChI=1S/C8H14N2/c9-8-1-6-3-10(5-8)4-7(6)2-8/h6-7H,1-5,9H2. The van der Waals surface area contributed by atoms with Gasteiger partial charge < -0.3 is 10.6 Å². The minimum Gasteiger partial charge on any atom is -0.324 e. The Labute approximate surface area is 61.4 Å². The van der Waals surface area contributed by atoms with Crippen LogP contribution in [-0.2, 0) is 0 Å². The second-order valence-electron chi connectivity index (χ2n) is 4.48. The lowest BCUT2D eigenvalue weighted by molar-refractivity contribution is 0.168. The summed E-state index contributed by atoms with van der Waals surface area (Å²) in [5.74, 6) is 1.94. The Kier molecular flexibility index (Phi) is 0.783. The third kappa shape index (κ3) is 0.523. The molecule has 56 valence electrons. The summed E-state index contributed by atoms with van der Waals surface area (Å²) < 4.78 is 0. The van der Waals surface area contributed by atoms with Crippen molar-refractivity contribution >= 4 is 0 Å². The van der Waals surface area contributed by atoms with E-state index >= 15 is 0 Å². The summed E-state index contributed by atoms with van der Waals surface area (Å²) in [4.78, 5) is 2.54. The summed E-state index contributed by atoms with van der Waals surface area (Å²) in [6.07, 6.45) is 2.63. The summed E-state index contributed by atoms with van der Waals surface area (Å²) in [5.41, 5.74) is 6.42. The van der Waals surface area contributed by atoms with E-state index in [0.29, 0.717) is 0 Å². The monoisotopic (exact) mass is 138 g/mol. The van der Waals surface area contributed by atoms with Crippen LogP contribution in [0, 0.1) is 11.8 Å². The molecule has 2 heteroatoms. The van der Waals surface area contributed by atoms with E-state index in [2.05, 4.69) is 4.90 Å². The third-order valence-electron chi connectivity index (χ3n) is 3.53. The fourth-order valence-electron chi connectivity index (χ4n) is 3.33. The molecular formula is C8H14N2. The van der Waals surface area contributed by atoms with Gasteiger partial charge in [-0.3, -0.25) is 0 Å². The summed E-state index contributed by atoms with van der Waals surface area (Å²) in [7, 11) is 0. The van der Waals surface area contributed by atoms with E-state index in [4.69, 9.17) is 5.73 Å². The first-order chi connectivity index (χ1) is 4.75. The van der Waals surface area contributed by atoms with Gasteiger partial charge in [-0.05, 0) is 24.7 Å². The Morgan fingerprint density at radius 2 is 1.80 bits per heavy atom. The molecule has 2 N–H and O–H groups in total. The molecule has 0 aromatic rings. The number of nitrogens with zero attached hydrogens (tertiary/aromatic N) is 1. The fraction of sp³-hybridized carbons (Fsp3) is 1.00. The van der Waals surface area contributed by atoms with Gasteiger partial charge in [-0.2, -0.15) is 0 Å². The van der Waals surface area contributed by atoms with Gasteiger partial charge in [0.15, 0.2) is 0 Å². The average Bonchev–Trinajstić information content (AvgIpc) is 2.16. The van der Waals surface area contributed by atoms with Crippen molar-refractivity contribution < 1.29 is 0 Å². The SMILES string of the molecule is NC12CC3CN(CC3C1)C2. The quantitative estimate of drug-likeness (QED) is 0.512. The van der Waals surface area contributed by atoms with Crippen LogP contribution < -0.4 is 5.73 Å². The Morgan fingerprint density at radius 1 is 1.20 bits per heavy atom. The van der Waals surface area contributed by atoms with Crippen LogP contribution in [0.25, 0.3) is 0 Å². The molecule has 4 rings (SSSR count). The van der Waals surface area contributed by atoms with Crippen LogP contribution in [0.15, 0.2) is 0 Å². The Morgan fingerprint density at radius 3 is 2.20 bits per heavy atom. The van der Waals surface area contributed by atoms with E-state index in [1.165, 1.54) is 32.5 Å². The molecule has 10 heavy (non-hydrogen) atoms. The second kappa shape index (κ2) is 1.41. The summed E-state index contributed by atoms with van der Waals surface area (Å²) in [6, 6.07) is 0. The van der Waals surface area contributed by atoms with E-state index in [9.17, 15) is 0 Å². The van der Waals surface area contributed by atoms with Crippen LogP contribution in [0.2, 0.25) is 0 Å². The lowest BCUT2D eigenvalue weighted by Gasteiger charge is -2.37. The number of nitrogens with two attached hydrogens (primary N) is 1. The highest BCUT2D eigenvalue weighted by Crippen LogP contribution is 2.47. The van der Waals surface area contributed by atoms with Gasteiger partial charge in [0.1, 0.15) is 0 Å². The first-order valence-electron chi connectivity index (χ1n) is 4.26. The molecule has 4 fully saturated rings. The van der Waals surface area contributed by atoms with Crippen molar-refractivity contribution in [2.24, 2.45) is 17.6 Å². The zero-order valence-electron chi connectivity index (χ0n) is 6.21. The summed E-state index contributed by atoms with van der Waals surface area (Å²) >= 11 is 0. The van der Waals surface area contributed by atoms with E-state index in [1.54, 1.807) is 0 Å². The summed E-state index contributed by atoms with van der Waals surface area (Å²) in [5, 5.41) is 0. The van der Waals surface area contributed by atoms with Gasteiger partial charge in [0.2, 0.25) is 0 Å². The highest BCUT2D eigenvalue weighted by atomic mass is 15.2. The van der Waals surface area contributed by atoms with Crippen LogP contribution in [0.1, 0.15) is 12.8 Å². The van der Waals surface area contributed by atoms with Gasteiger partial charge in [0, 0.05) is 25.2 Å². The first-order valence-corrected chi connectivity index (χ1v) is 4.26. The number of hydrogen-bond acceptors (Lipinski definition) is 2. The van der Waals surface area contributed by atoms with Crippen LogP contribution in [-0.4, -0.2) is 30.1 Å². The fourth-order valence-corrected chi connectivity index (χ4v) is 3.33. The zero-order chi connectivity index (χ0) is 6.77. The number of piperidine rings is 2. The molecule has 0 aromatic heterocycles. The van der Waals surface area contributed by atoms with Gasteiger partial charge >= 0.3 is 0 Å². The van der Waals surface area contributed by atoms with Crippen LogP contribution in [0.3, 0.4) is 0 Å². The second-order valence-corrected chi connectivity index (χ2v) is 4.48. The highest BCUT2D eigenvalue weighted by Gasteiger charge is 2.53. The lowest BCUT2D eigenvalue weighted by atomic mass is 9.92. The Balaban J connectivity index is 2.01. The van der Waals surface area contributed by atoms with Crippen molar-refractivity contribution in [2.45, 2.75) is 18.4 Å². The third-order valence-corrected chi connectivity index (χ3v) is 3.53. The normalized spacial score (nSPS) is 63.9. The summed E-state index contributed by atoms with van der Waals surface area (Å²) in [6.45, 7) is 3.88. The molecule has 1 saturated carbocycles. The zero-order valence-corrected chi connectivity index (χ0v) is 6.21. The smallest absolute Gasteiger partial charge is 0.0289 e. The van der Waals surface area contributed by atoms with Crippen molar-refractivity contribution in [3.63, 3.8) is 0 Å². The van der Waals surface area contributed by atoms with Gasteiger partial charge in [-0.25, -0.2) is 0 Å². The average molecular weight is 138 g/mol. The van der Waals surface area contributed by atoms with Crippen molar-refractivity contribution in [2.75, 3.05) is 19.6 Å². The van der Waals surface area contributed by atoms with Crippen molar-refractivity contribution in [3.05, 3.63) is 0 Å². The van der Waals surface area contributed by atoms with Crippen molar-refractivity contribution in [1.29, 1.82) is 0 Å². The van der Waals surface area contributed by atoms with Crippen LogP contribution in [0.5, 0.6) is 0 Å². The molecule has 3 aliphatic heterocycles. The van der Waals surface area contributed by atoms with Gasteiger partial charge in [0.05, 0.1) is 0 Å². The predicted molar refractivity (Wildman–Crippen MR) is 39.6 cm³/mol. The molecule has 4 aliphatic rings. The largest absolute Gasteiger partial charge is 0.324 e. The lowest BCUT2D eigenvalue weighted by Crippen LogP contribution is -2.53. The molecule has 1 aliphatic carbocycles. The predicted octanol–water partition coefficient (Wildman–Crippen LogP) is 0.0393. The molecule has 2 nitrogen and oxygen atoms in total. The van der Waals surface area contributed by atoms with Crippen molar-refractivity contribution in [1.82, 2.24) is 4.90 Å². The number of rotatable bonds is 0. The maximum absolute atomic E-state index is 6.18. The molecule has 0 radical (unpaired) electrons. The van der Waals surface area contributed by atoms with Crippen LogP contribution in [0.4, 0.5) is 0 Å². The maximum atomic E-state index is 6.18. The van der Waals surface area contributed by atoms with Crippen molar-refractivity contribution in [3.8, 4) is 0 Å². The molecule has 0 spiro atoms. The Bertz CT molecular complexity index is 159. The maximum Gasteiger partial charge on any atom is 0.0289 e. The van der Waals surface area contributed by atoms with E-state index < -0.39 is 0 Å². The molecule has 0 aromatic carbocycles. The molecule has 2 atom stereocenters. The minimum absolute atomic E-state index is 0.242. The first kappa shape index (κ1) is 5.56. The minimum atomic E-state index is 0.242. The molecule has 4 bridgehead atoms. The van der Waals surface area contributed by atoms with Gasteiger partial charge in [-0.1, -0.05) is 0 Å². The van der Waals surface area contributed by atoms with Gasteiger partial charge in [0.25, 0.3) is 0 Å². The van der Waals surface area contributed by atoms with E-state index in [-0.39, 0.29) is 5.54 Å². The topological polar surface area (TPSA) is 29.3 Å². The van der Waals surface area contributed by atoms with E-state index in [1.807, 2.05) is 0 Å². The van der Waals surface area contributed by atoms with Crippen LogP contribution >= 0.6 is 0 Å². The molecule has 2 unspecified atom stereocenters.